The minimum atomic E-state index is -1.37. The van der Waals surface area contributed by atoms with E-state index in [9.17, 15) is 29.1 Å². The number of carbonyl (C=O) groups is 5. The molecule has 11 nitrogen and oxygen atoms in total. The molecule has 0 aromatic heterocycles. The molecule has 1 aliphatic rings. The number of carboxylic acids is 1. The molecule has 0 aliphatic carbocycles. The molecule has 8 N–H and O–H groups in total. The van der Waals surface area contributed by atoms with E-state index < -0.39 is 35.4 Å². The molecule has 2 rings (SSSR count). The average Bonchev–Trinajstić information content (AvgIpc) is 2.99. The molecule has 0 unspecified atom stereocenters. The van der Waals surface area contributed by atoms with Crippen molar-refractivity contribution in [1.29, 1.82) is 0 Å². The van der Waals surface area contributed by atoms with Crippen LogP contribution in [0.3, 0.4) is 0 Å². The van der Waals surface area contributed by atoms with Crippen molar-refractivity contribution in [2.75, 3.05) is 19.6 Å². The smallest absolute Gasteiger partial charge is 0.323 e. The van der Waals surface area contributed by atoms with Gasteiger partial charge in [-0.15, -0.1) is 0 Å². The van der Waals surface area contributed by atoms with E-state index in [1.54, 1.807) is 4.90 Å². The van der Waals surface area contributed by atoms with Gasteiger partial charge in [0.1, 0.15) is 11.3 Å². The molecule has 0 spiro atoms. The zero-order valence-corrected chi connectivity index (χ0v) is 29.1. The summed E-state index contributed by atoms with van der Waals surface area (Å²) < 4.78 is 0. The molecule has 0 saturated carbocycles. The standard InChI is InChI=1S/C36H59N5O6.CH4/c1-24(2)19-29(31(43)21-26(13-9-10-16-37)33(45)41-17-14-36(39,15-18-41)34(46)47)40-32(44)27(20-25-11-7-6-8-12-25)22-30(42)28(38)23-35(3,4)5;/h6-8,11-12,24,26-29H,9-10,13-23,37-39H2,1-5H3,(H,40,44)(H,46,47);1H4/t26-,27-,28+,29+;/m0./s1. The van der Waals surface area contributed by atoms with Crippen LogP contribution < -0.4 is 22.5 Å². The number of piperidine rings is 1. The number of carboxylic acid groups (broad SMARTS) is 1. The third kappa shape index (κ3) is 14.1. The Morgan fingerprint density at radius 3 is 2.06 bits per heavy atom. The first kappa shape index (κ1) is 42.9. The maximum atomic E-state index is 13.9. The normalized spacial score (nSPS) is 17.1. The largest absolute Gasteiger partial charge is 0.480 e. The highest BCUT2D eigenvalue weighted by Crippen LogP contribution is 2.26. The van der Waals surface area contributed by atoms with Crippen LogP contribution >= 0.6 is 0 Å². The summed E-state index contributed by atoms with van der Waals surface area (Å²) in [6, 6.07) is 7.90. The Morgan fingerprint density at radius 2 is 1.54 bits per heavy atom. The molecule has 0 bridgehead atoms. The number of Topliss-reactive ketones (excluding diaryl/α,β-unsaturated/α-hetero) is 2. The van der Waals surface area contributed by atoms with Gasteiger partial charge in [0.2, 0.25) is 11.8 Å². The Morgan fingerprint density at radius 1 is 0.958 bits per heavy atom. The first-order chi connectivity index (χ1) is 22.0. The topological polar surface area (TPSA) is 199 Å². The lowest BCUT2D eigenvalue weighted by atomic mass is 9.83. The highest BCUT2D eigenvalue weighted by Gasteiger charge is 2.40. The molecular weight excluding hydrogens is 610 g/mol. The summed E-state index contributed by atoms with van der Waals surface area (Å²) in [7, 11) is 0. The van der Waals surface area contributed by atoms with Crippen LogP contribution in [0.1, 0.15) is 105 Å². The molecule has 1 saturated heterocycles. The number of hydrogen-bond donors (Lipinski definition) is 5. The predicted octanol–water partition coefficient (Wildman–Crippen LogP) is 3.84. The first-order valence-electron chi connectivity index (χ1n) is 17.1. The van der Waals surface area contributed by atoms with Gasteiger partial charge in [0.05, 0.1) is 12.1 Å². The number of aliphatic carboxylic acids is 1. The van der Waals surface area contributed by atoms with Gasteiger partial charge in [-0.3, -0.25) is 24.0 Å². The third-order valence-electron chi connectivity index (χ3n) is 9.00. The predicted molar refractivity (Wildman–Crippen MR) is 190 cm³/mol. The minimum Gasteiger partial charge on any atom is -0.480 e. The van der Waals surface area contributed by atoms with E-state index >= 15 is 0 Å². The summed E-state index contributed by atoms with van der Waals surface area (Å²) in [5, 5.41) is 12.5. The van der Waals surface area contributed by atoms with Crippen LogP contribution in [0.2, 0.25) is 0 Å². The van der Waals surface area contributed by atoms with Gasteiger partial charge in [-0.2, -0.15) is 0 Å². The van der Waals surface area contributed by atoms with Crippen molar-refractivity contribution < 1.29 is 29.1 Å². The number of nitrogens with one attached hydrogen (secondary N) is 1. The summed E-state index contributed by atoms with van der Waals surface area (Å²) in [6.45, 7) is 10.8. The average molecular weight is 674 g/mol. The van der Waals surface area contributed by atoms with E-state index in [1.165, 1.54) is 0 Å². The monoisotopic (exact) mass is 673 g/mol. The number of carbonyl (C=O) groups excluding carboxylic acids is 4. The highest BCUT2D eigenvalue weighted by atomic mass is 16.4. The van der Waals surface area contributed by atoms with Gasteiger partial charge in [-0.1, -0.05) is 78.8 Å². The van der Waals surface area contributed by atoms with Crippen molar-refractivity contribution in [3.8, 4) is 0 Å². The fourth-order valence-electron chi connectivity index (χ4n) is 6.19. The summed E-state index contributed by atoms with van der Waals surface area (Å²) >= 11 is 0. The summed E-state index contributed by atoms with van der Waals surface area (Å²) in [4.78, 5) is 67.9. The van der Waals surface area contributed by atoms with Crippen molar-refractivity contribution in [3.05, 3.63) is 35.9 Å². The van der Waals surface area contributed by atoms with Gasteiger partial charge < -0.3 is 32.5 Å². The molecular formula is C37H63N5O6. The number of nitrogens with zero attached hydrogens (tertiary/aromatic N) is 1. The van der Waals surface area contributed by atoms with Gasteiger partial charge in [-0.25, -0.2) is 0 Å². The number of nitrogens with two attached hydrogens (primary N) is 3. The molecule has 1 fully saturated rings. The number of ketones is 2. The zero-order valence-electron chi connectivity index (χ0n) is 29.1. The lowest BCUT2D eigenvalue weighted by Crippen LogP contribution is -2.57. The second-order valence-corrected chi connectivity index (χ2v) is 15.1. The van der Waals surface area contributed by atoms with Gasteiger partial charge in [0.15, 0.2) is 5.78 Å². The molecule has 0 radical (unpaired) electrons. The van der Waals surface area contributed by atoms with Crippen LogP contribution in [0.15, 0.2) is 30.3 Å². The summed E-state index contributed by atoms with van der Waals surface area (Å²) in [5.74, 6) is -3.41. The van der Waals surface area contributed by atoms with Crippen LogP contribution in [0, 0.1) is 23.2 Å². The van der Waals surface area contributed by atoms with Gasteiger partial charge in [0.25, 0.3) is 0 Å². The lowest BCUT2D eigenvalue weighted by Gasteiger charge is -2.38. The molecule has 272 valence electrons. The van der Waals surface area contributed by atoms with E-state index in [0.717, 1.165) is 5.56 Å². The fraction of sp³-hybridized carbons (Fsp3) is 0.703. The van der Waals surface area contributed by atoms with Crippen molar-refractivity contribution in [1.82, 2.24) is 10.2 Å². The zero-order chi connectivity index (χ0) is 35.4. The molecule has 1 heterocycles. The van der Waals surface area contributed by atoms with Crippen LogP contribution in [0.4, 0.5) is 0 Å². The summed E-state index contributed by atoms with van der Waals surface area (Å²) in [6.07, 6.45) is 3.12. The van der Waals surface area contributed by atoms with Crippen molar-refractivity contribution >= 4 is 29.4 Å². The second-order valence-electron chi connectivity index (χ2n) is 15.1. The number of benzene rings is 1. The van der Waals surface area contributed by atoms with Crippen LogP contribution in [0.5, 0.6) is 0 Å². The van der Waals surface area contributed by atoms with Crippen molar-refractivity contribution in [2.45, 2.75) is 124 Å². The van der Waals surface area contributed by atoms with Crippen LogP contribution in [-0.4, -0.2) is 76.6 Å². The second kappa shape index (κ2) is 19.7. The molecule has 48 heavy (non-hydrogen) atoms. The van der Waals surface area contributed by atoms with E-state index in [-0.39, 0.29) is 80.9 Å². The van der Waals surface area contributed by atoms with Crippen molar-refractivity contribution in [2.24, 2.45) is 40.4 Å². The highest BCUT2D eigenvalue weighted by molar-refractivity contribution is 5.95. The first-order valence-corrected chi connectivity index (χ1v) is 17.1. The third-order valence-corrected chi connectivity index (χ3v) is 9.00. The number of rotatable bonds is 19. The molecule has 1 aromatic rings. The number of unbranched alkanes of at least 4 members (excludes halogenated alkanes) is 1. The van der Waals surface area contributed by atoms with Gasteiger partial charge in [0, 0.05) is 37.8 Å². The molecule has 2 amide bonds. The maximum Gasteiger partial charge on any atom is 0.323 e. The Bertz CT molecular complexity index is 1190. The molecule has 11 heteroatoms. The van der Waals surface area contributed by atoms with Crippen LogP contribution in [0.25, 0.3) is 0 Å². The van der Waals surface area contributed by atoms with Crippen LogP contribution in [-0.2, 0) is 30.4 Å². The molecule has 1 aromatic carbocycles. The van der Waals surface area contributed by atoms with E-state index in [0.29, 0.717) is 45.1 Å². The maximum absolute atomic E-state index is 13.9. The summed E-state index contributed by atoms with van der Waals surface area (Å²) in [5.41, 5.74) is 17.4. The van der Waals surface area contributed by atoms with Crippen molar-refractivity contribution in [3.63, 3.8) is 0 Å². The Labute approximate surface area is 288 Å². The Balaban J connectivity index is 0.0000115. The Hall–Kier alpha value is -3.15. The van der Waals surface area contributed by atoms with E-state index in [4.69, 9.17) is 17.2 Å². The van der Waals surface area contributed by atoms with Gasteiger partial charge in [-0.05, 0) is 68.4 Å². The number of likely N-dealkylation sites (tertiary alicyclic amines) is 1. The lowest BCUT2D eigenvalue weighted by molar-refractivity contribution is -0.149. The number of amides is 2. The van der Waals surface area contributed by atoms with E-state index in [1.807, 2.05) is 65.0 Å². The van der Waals surface area contributed by atoms with Gasteiger partial charge >= 0.3 is 5.97 Å². The minimum absolute atomic E-state index is 0. The Kier molecular flexibility index (Phi) is 17.6. The van der Waals surface area contributed by atoms with E-state index in [2.05, 4.69) is 5.32 Å². The fourth-order valence-corrected chi connectivity index (χ4v) is 6.19. The molecule has 1 aliphatic heterocycles. The SMILES string of the molecule is C.CC(C)C[C@@H](NC(=O)[C@H](CC(=O)[C@H](N)CC(C)(C)C)Cc1ccccc1)C(=O)C[C@H](CCCCN)C(=O)N1CCC(N)(C(=O)O)CC1. The molecule has 4 atom stereocenters. The number of hydrogen-bond acceptors (Lipinski definition) is 8. The quantitative estimate of drug-likeness (QED) is 0.135.